The number of carbonyl (C=O) groups excluding carboxylic acids is 1. The number of nitriles is 1. The number of fused-ring (bicyclic) bond motifs is 1. The highest BCUT2D eigenvalue weighted by Gasteiger charge is 2.07. The Morgan fingerprint density at radius 2 is 2.35 bits per heavy atom. The molecule has 3 rings (SSSR count). The first-order valence-corrected chi connectivity index (χ1v) is 7.26. The van der Waals surface area contributed by atoms with E-state index in [9.17, 15) is 4.79 Å². The summed E-state index contributed by atoms with van der Waals surface area (Å²) in [6.45, 7) is 1.44. The second kappa shape index (κ2) is 6.20. The number of rotatable bonds is 4. The Kier molecular flexibility index (Phi) is 3.94. The SMILES string of the molecule is CC(=O)Nc1nc2cc(NC=C(C#N)c3nn[nH]n3)ccc2s1. The molecule has 3 aromatic rings. The van der Waals surface area contributed by atoms with E-state index in [0.29, 0.717) is 5.13 Å². The molecule has 0 atom stereocenters. The van der Waals surface area contributed by atoms with Gasteiger partial charge in [0.05, 0.1) is 10.2 Å². The van der Waals surface area contributed by atoms with E-state index in [1.807, 2.05) is 24.3 Å². The van der Waals surface area contributed by atoms with Crippen LogP contribution >= 0.6 is 11.3 Å². The fraction of sp³-hybridized carbons (Fsp3) is 0.0769. The van der Waals surface area contributed by atoms with Crippen molar-refractivity contribution in [2.45, 2.75) is 6.92 Å². The minimum absolute atomic E-state index is 0.163. The molecule has 0 fully saturated rings. The van der Waals surface area contributed by atoms with Crippen molar-refractivity contribution >= 4 is 43.9 Å². The molecule has 0 saturated carbocycles. The minimum Gasteiger partial charge on any atom is -0.360 e. The summed E-state index contributed by atoms with van der Waals surface area (Å²) in [5, 5.41) is 28.5. The van der Waals surface area contributed by atoms with Crippen molar-refractivity contribution in [1.29, 1.82) is 5.26 Å². The quantitative estimate of drug-likeness (QED) is 0.622. The Morgan fingerprint density at radius 1 is 1.48 bits per heavy atom. The summed E-state index contributed by atoms with van der Waals surface area (Å²) in [6, 6.07) is 7.54. The van der Waals surface area contributed by atoms with Crippen molar-refractivity contribution in [2.75, 3.05) is 10.6 Å². The number of anilines is 2. The molecule has 0 spiro atoms. The summed E-state index contributed by atoms with van der Waals surface area (Å²) in [5.74, 6) is 0.0480. The van der Waals surface area contributed by atoms with Crippen LogP contribution in [0.5, 0.6) is 0 Å². The van der Waals surface area contributed by atoms with Gasteiger partial charge in [0.25, 0.3) is 0 Å². The maximum absolute atomic E-state index is 11.1. The van der Waals surface area contributed by atoms with Gasteiger partial charge in [-0.3, -0.25) is 4.79 Å². The van der Waals surface area contributed by atoms with E-state index < -0.39 is 0 Å². The number of H-pyrrole nitrogens is 1. The van der Waals surface area contributed by atoms with Crippen LogP contribution in [0.15, 0.2) is 24.4 Å². The third-order valence-corrected chi connectivity index (χ3v) is 3.71. The van der Waals surface area contributed by atoms with Gasteiger partial charge in [-0.15, -0.1) is 10.2 Å². The highest BCUT2D eigenvalue weighted by molar-refractivity contribution is 7.22. The number of aromatic nitrogens is 5. The molecule has 2 aromatic heterocycles. The molecule has 0 aliphatic heterocycles. The molecule has 114 valence electrons. The summed E-state index contributed by atoms with van der Waals surface area (Å²) in [7, 11) is 0. The van der Waals surface area contributed by atoms with Gasteiger partial charge in [0.15, 0.2) is 5.13 Å². The molecule has 0 aliphatic rings. The smallest absolute Gasteiger partial charge is 0.223 e. The van der Waals surface area contributed by atoms with E-state index in [1.165, 1.54) is 24.5 Å². The average Bonchev–Trinajstić information content (AvgIpc) is 3.16. The van der Waals surface area contributed by atoms with Crippen molar-refractivity contribution < 1.29 is 4.79 Å². The van der Waals surface area contributed by atoms with Gasteiger partial charge >= 0.3 is 0 Å². The third-order valence-electron chi connectivity index (χ3n) is 2.76. The largest absolute Gasteiger partial charge is 0.360 e. The molecule has 1 aromatic carbocycles. The van der Waals surface area contributed by atoms with Crippen LogP contribution in [0.25, 0.3) is 15.8 Å². The van der Waals surface area contributed by atoms with Gasteiger partial charge in [-0.05, 0) is 23.4 Å². The number of hydrogen-bond acceptors (Lipinski definition) is 8. The number of nitrogens with zero attached hydrogens (tertiary/aromatic N) is 5. The van der Waals surface area contributed by atoms with Gasteiger partial charge < -0.3 is 10.6 Å². The molecule has 3 N–H and O–H groups in total. The Morgan fingerprint density at radius 3 is 3.04 bits per heavy atom. The number of tetrazole rings is 1. The number of nitrogens with one attached hydrogen (secondary N) is 3. The highest BCUT2D eigenvalue weighted by atomic mass is 32.1. The fourth-order valence-electron chi connectivity index (χ4n) is 1.80. The van der Waals surface area contributed by atoms with Crippen LogP contribution in [0.3, 0.4) is 0 Å². The van der Waals surface area contributed by atoms with Crippen LogP contribution in [0.1, 0.15) is 12.7 Å². The molecule has 23 heavy (non-hydrogen) atoms. The Labute approximate surface area is 134 Å². The van der Waals surface area contributed by atoms with E-state index in [-0.39, 0.29) is 17.3 Å². The van der Waals surface area contributed by atoms with Gasteiger partial charge in [0, 0.05) is 18.8 Å². The highest BCUT2D eigenvalue weighted by Crippen LogP contribution is 2.28. The molecule has 10 heteroatoms. The number of aromatic amines is 1. The van der Waals surface area contributed by atoms with Crippen molar-refractivity contribution in [1.82, 2.24) is 25.6 Å². The van der Waals surface area contributed by atoms with Crippen molar-refractivity contribution in [3.63, 3.8) is 0 Å². The van der Waals surface area contributed by atoms with Crippen LogP contribution in [0, 0.1) is 11.3 Å². The lowest BCUT2D eigenvalue weighted by Crippen LogP contribution is -2.04. The van der Waals surface area contributed by atoms with E-state index >= 15 is 0 Å². The lowest BCUT2D eigenvalue weighted by molar-refractivity contribution is -0.114. The van der Waals surface area contributed by atoms with Gasteiger partial charge in [0.1, 0.15) is 11.6 Å². The molecule has 0 bridgehead atoms. The lowest BCUT2D eigenvalue weighted by Gasteiger charge is -2.00. The maximum Gasteiger partial charge on any atom is 0.223 e. The number of thiazole rings is 1. The summed E-state index contributed by atoms with van der Waals surface area (Å²) >= 11 is 1.39. The zero-order valence-corrected chi connectivity index (χ0v) is 12.7. The average molecular weight is 326 g/mol. The Hall–Kier alpha value is -3.32. The van der Waals surface area contributed by atoms with Gasteiger partial charge in [-0.2, -0.15) is 10.5 Å². The summed E-state index contributed by atoms with van der Waals surface area (Å²) in [5.41, 5.74) is 1.74. The Balaban J connectivity index is 1.83. The van der Waals surface area contributed by atoms with Gasteiger partial charge in [0.2, 0.25) is 11.7 Å². The van der Waals surface area contributed by atoms with Gasteiger partial charge in [-0.1, -0.05) is 11.3 Å². The molecule has 0 aliphatic carbocycles. The molecule has 0 saturated heterocycles. The molecular weight excluding hydrogens is 316 g/mol. The van der Waals surface area contributed by atoms with Crippen molar-refractivity contribution in [3.8, 4) is 6.07 Å². The normalized spacial score (nSPS) is 11.2. The fourth-order valence-corrected chi connectivity index (χ4v) is 2.69. The molecular formula is C13H10N8OS. The molecule has 0 unspecified atom stereocenters. The van der Waals surface area contributed by atoms with Crippen LogP contribution < -0.4 is 10.6 Å². The van der Waals surface area contributed by atoms with Crippen molar-refractivity contribution in [3.05, 3.63) is 30.2 Å². The molecule has 2 heterocycles. The number of allylic oxidation sites excluding steroid dienone is 1. The lowest BCUT2D eigenvalue weighted by atomic mass is 10.2. The number of hydrogen-bond donors (Lipinski definition) is 3. The molecule has 0 radical (unpaired) electrons. The predicted molar refractivity (Wildman–Crippen MR) is 85.3 cm³/mol. The van der Waals surface area contributed by atoms with Gasteiger partial charge in [-0.25, -0.2) is 4.98 Å². The predicted octanol–water partition coefficient (Wildman–Crippen LogP) is 1.74. The topological polar surface area (TPSA) is 132 Å². The van der Waals surface area contributed by atoms with Crippen LogP contribution in [0.4, 0.5) is 10.8 Å². The first-order valence-electron chi connectivity index (χ1n) is 6.44. The Bertz CT molecular complexity index is 921. The second-order valence-electron chi connectivity index (χ2n) is 4.43. The number of amides is 1. The maximum atomic E-state index is 11.1. The van der Waals surface area contributed by atoms with Crippen LogP contribution in [-0.2, 0) is 4.79 Å². The zero-order chi connectivity index (χ0) is 16.2. The second-order valence-corrected chi connectivity index (χ2v) is 5.46. The zero-order valence-electron chi connectivity index (χ0n) is 11.9. The van der Waals surface area contributed by atoms with E-state index in [2.05, 4.69) is 36.2 Å². The first kappa shape index (κ1) is 14.6. The van der Waals surface area contributed by atoms with Crippen molar-refractivity contribution in [2.24, 2.45) is 0 Å². The minimum atomic E-state index is -0.163. The molecule has 9 nitrogen and oxygen atoms in total. The van der Waals surface area contributed by atoms with E-state index in [0.717, 1.165) is 15.9 Å². The summed E-state index contributed by atoms with van der Waals surface area (Å²) < 4.78 is 0.946. The number of carbonyl (C=O) groups is 1. The standard InChI is InChI=1S/C13H10N8OS/c1-7(22)16-13-17-10-4-9(2-3-11(10)23-13)15-6-8(5-14)12-18-20-21-19-12/h2-4,6,15H,1H3,(H,16,17,22)(H,18,19,20,21). The first-order chi connectivity index (χ1) is 11.2. The summed E-state index contributed by atoms with van der Waals surface area (Å²) in [4.78, 5) is 15.4. The number of benzene rings is 1. The third kappa shape index (κ3) is 3.30. The van der Waals surface area contributed by atoms with Crippen LogP contribution in [0.2, 0.25) is 0 Å². The van der Waals surface area contributed by atoms with E-state index in [4.69, 9.17) is 5.26 Å². The van der Waals surface area contributed by atoms with Crippen LogP contribution in [-0.4, -0.2) is 31.5 Å². The van der Waals surface area contributed by atoms with E-state index in [1.54, 1.807) is 0 Å². The monoisotopic (exact) mass is 326 g/mol. The molecule has 1 amide bonds. The summed E-state index contributed by atoms with van der Waals surface area (Å²) in [6.07, 6.45) is 1.49.